The first kappa shape index (κ1) is 19.2. The van der Waals surface area contributed by atoms with Crippen molar-refractivity contribution >= 4 is 17.5 Å². The number of H-pyrrole nitrogens is 1. The zero-order valence-electron chi connectivity index (χ0n) is 15.6. The van der Waals surface area contributed by atoms with E-state index in [9.17, 15) is 18.8 Å². The molecule has 0 aliphatic carbocycles. The third-order valence-corrected chi connectivity index (χ3v) is 4.43. The lowest BCUT2D eigenvalue weighted by Crippen LogP contribution is -2.11. The fraction of sp³-hybridized carbons (Fsp3) is 0.136. The topological polar surface area (TPSA) is 76.2 Å². The van der Waals surface area contributed by atoms with E-state index in [1.54, 1.807) is 13.8 Å². The van der Waals surface area contributed by atoms with Crippen molar-refractivity contribution in [2.24, 2.45) is 0 Å². The van der Waals surface area contributed by atoms with Crippen LogP contribution in [0.15, 0.2) is 48.5 Å². The minimum atomic E-state index is -0.620. The molecule has 2 aromatic carbocycles. The Balaban J connectivity index is 1.76. The molecule has 1 aromatic heterocycles. The van der Waals surface area contributed by atoms with Crippen molar-refractivity contribution in [3.8, 4) is 5.75 Å². The Morgan fingerprint density at radius 3 is 1.93 bits per heavy atom. The van der Waals surface area contributed by atoms with Gasteiger partial charge in [0.2, 0.25) is 0 Å². The van der Waals surface area contributed by atoms with Crippen LogP contribution in [0.3, 0.4) is 0 Å². The molecule has 5 nitrogen and oxygen atoms in total. The Kier molecular flexibility index (Phi) is 5.22. The van der Waals surface area contributed by atoms with Crippen molar-refractivity contribution in [3.05, 3.63) is 88.0 Å². The van der Waals surface area contributed by atoms with Gasteiger partial charge in [0.1, 0.15) is 17.3 Å². The number of esters is 1. The summed E-state index contributed by atoms with van der Waals surface area (Å²) in [7, 11) is 0. The van der Waals surface area contributed by atoms with Crippen molar-refractivity contribution in [3.63, 3.8) is 0 Å². The van der Waals surface area contributed by atoms with E-state index in [0.717, 1.165) is 0 Å². The van der Waals surface area contributed by atoms with Gasteiger partial charge < -0.3 is 9.72 Å². The number of hydrogen-bond acceptors (Lipinski definition) is 4. The summed E-state index contributed by atoms with van der Waals surface area (Å²) in [5, 5.41) is 0. The number of hydrogen-bond donors (Lipinski definition) is 1. The number of aromatic nitrogens is 1. The molecule has 0 unspecified atom stereocenters. The maximum Gasteiger partial charge on any atom is 0.360 e. The lowest BCUT2D eigenvalue weighted by atomic mass is 10.0. The lowest BCUT2D eigenvalue weighted by molar-refractivity contribution is 0.0728. The molecule has 1 heterocycles. The van der Waals surface area contributed by atoms with Gasteiger partial charge >= 0.3 is 5.97 Å². The molecule has 0 aliphatic rings. The summed E-state index contributed by atoms with van der Waals surface area (Å²) in [6.45, 7) is 4.84. The van der Waals surface area contributed by atoms with Gasteiger partial charge in [-0.15, -0.1) is 0 Å². The molecule has 3 aromatic rings. The molecule has 142 valence electrons. The molecule has 0 atom stereocenters. The number of halogens is 1. The quantitative estimate of drug-likeness (QED) is 0.404. The van der Waals surface area contributed by atoms with Gasteiger partial charge in [-0.3, -0.25) is 9.59 Å². The van der Waals surface area contributed by atoms with Gasteiger partial charge in [-0.2, -0.15) is 0 Å². The van der Waals surface area contributed by atoms with Gasteiger partial charge in [-0.05, 0) is 74.9 Å². The number of nitrogens with one attached hydrogen (secondary N) is 1. The van der Waals surface area contributed by atoms with Gasteiger partial charge in [0.15, 0.2) is 11.6 Å². The SMILES string of the molecule is CC(=O)c1c(C)[nH]c(C(=O)Oc2ccc(C(=O)c3ccc(F)cc3)cc2)c1C. The van der Waals surface area contributed by atoms with Gasteiger partial charge in [0, 0.05) is 22.4 Å². The van der Waals surface area contributed by atoms with Crippen LogP contribution in [0.2, 0.25) is 0 Å². The molecule has 0 amide bonds. The Hall–Kier alpha value is -3.54. The van der Waals surface area contributed by atoms with E-state index in [1.807, 2.05) is 0 Å². The van der Waals surface area contributed by atoms with Crippen LogP contribution in [0.5, 0.6) is 5.75 Å². The molecule has 0 bridgehead atoms. The number of Topliss-reactive ketones (excluding diaryl/α,β-unsaturated/α-hetero) is 1. The fourth-order valence-electron chi connectivity index (χ4n) is 3.08. The molecule has 0 fully saturated rings. The first-order valence-corrected chi connectivity index (χ1v) is 8.60. The highest BCUT2D eigenvalue weighted by Gasteiger charge is 2.21. The van der Waals surface area contributed by atoms with Gasteiger partial charge in [0.05, 0.1) is 0 Å². The van der Waals surface area contributed by atoms with Crippen molar-refractivity contribution in [2.45, 2.75) is 20.8 Å². The van der Waals surface area contributed by atoms with E-state index in [4.69, 9.17) is 4.74 Å². The van der Waals surface area contributed by atoms with Gasteiger partial charge in [-0.1, -0.05) is 0 Å². The van der Waals surface area contributed by atoms with E-state index in [2.05, 4.69) is 4.98 Å². The summed E-state index contributed by atoms with van der Waals surface area (Å²) in [5.74, 6) is -1.17. The second-order valence-corrected chi connectivity index (χ2v) is 6.43. The average molecular weight is 379 g/mol. The monoisotopic (exact) mass is 379 g/mol. The van der Waals surface area contributed by atoms with Crippen molar-refractivity contribution in [1.82, 2.24) is 4.98 Å². The molecular formula is C22H18FNO4. The molecule has 0 saturated carbocycles. The third kappa shape index (κ3) is 3.76. The Labute approximate surface area is 161 Å². The van der Waals surface area contributed by atoms with E-state index in [1.165, 1.54) is 55.5 Å². The van der Waals surface area contributed by atoms with Gasteiger partial charge in [0.25, 0.3) is 0 Å². The highest BCUT2D eigenvalue weighted by molar-refractivity contribution is 6.09. The largest absolute Gasteiger partial charge is 0.422 e. The summed E-state index contributed by atoms with van der Waals surface area (Å²) >= 11 is 0. The first-order valence-electron chi connectivity index (χ1n) is 8.60. The number of carbonyl (C=O) groups is 3. The predicted molar refractivity (Wildman–Crippen MR) is 102 cm³/mol. The molecule has 0 saturated heterocycles. The van der Waals surface area contributed by atoms with Crippen LogP contribution in [-0.2, 0) is 0 Å². The smallest absolute Gasteiger partial charge is 0.360 e. The molecule has 6 heteroatoms. The number of aryl methyl sites for hydroxylation is 1. The third-order valence-electron chi connectivity index (χ3n) is 4.43. The van der Waals surface area contributed by atoms with Crippen LogP contribution >= 0.6 is 0 Å². The number of ether oxygens (including phenoxy) is 1. The molecular weight excluding hydrogens is 361 g/mol. The number of carbonyl (C=O) groups excluding carboxylic acids is 3. The zero-order valence-corrected chi connectivity index (χ0v) is 15.6. The molecule has 28 heavy (non-hydrogen) atoms. The van der Waals surface area contributed by atoms with Crippen molar-refractivity contribution < 1.29 is 23.5 Å². The molecule has 1 N–H and O–H groups in total. The number of rotatable bonds is 5. The minimum absolute atomic E-state index is 0.131. The zero-order chi connectivity index (χ0) is 20.4. The summed E-state index contributed by atoms with van der Waals surface area (Å²) in [6.07, 6.45) is 0. The van der Waals surface area contributed by atoms with Gasteiger partial charge in [-0.25, -0.2) is 9.18 Å². The number of ketones is 2. The van der Waals surface area contributed by atoms with E-state index in [-0.39, 0.29) is 23.0 Å². The van der Waals surface area contributed by atoms with Crippen LogP contribution in [0.1, 0.15) is 54.9 Å². The van der Waals surface area contributed by atoms with Crippen LogP contribution in [0.25, 0.3) is 0 Å². The summed E-state index contributed by atoms with van der Waals surface area (Å²) in [4.78, 5) is 39.4. The Morgan fingerprint density at radius 1 is 0.893 bits per heavy atom. The molecule has 0 radical (unpaired) electrons. The lowest BCUT2D eigenvalue weighted by Gasteiger charge is -2.06. The Bertz CT molecular complexity index is 1060. The maximum absolute atomic E-state index is 13.0. The normalized spacial score (nSPS) is 10.6. The van der Waals surface area contributed by atoms with Crippen molar-refractivity contribution in [1.29, 1.82) is 0 Å². The predicted octanol–water partition coefficient (Wildman–Crippen LogP) is 4.42. The van der Waals surface area contributed by atoms with Crippen LogP contribution in [-0.4, -0.2) is 22.5 Å². The van der Waals surface area contributed by atoms with E-state index >= 15 is 0 Å². The fourth-order valence-corrected chi connectivity index (χ4v) is 3.08. The highest BCUT2D eigenvalue weighted by Crippen LogP contribution is 2.21. The first-order chi connectivity index (χ1) is 13.3. The van der Waals surface area contributed by atoms with Crippen LogP contribution in [0, 0.1) is 19.7 Å². The summed E-state index contributed by atoms with van der Waals surface area (Å²) < 4.78 is 18.3. The Morgan fingerprint density at radius 2 is 1.43 bits per heavy atom. The second-order valence-electron chi connectivity index (χ2n) is 6.43. The number of aromatic amines is 1. The average Bonchev–Trinajstić information content (AvgIpc) is 2.97. The summed E-state index contributed by atoms with van der Waals surface area (Å²) in [6, 6.07) is 11.3. The van der Waals surface area contributed by atoms with E-state index in [0.29, 0.717) is 27.9 Å². The standard InChI is InChI=1S/C22H18FNO4/c1-12-19(14(3)25)13(2)24-20(12)22(27)28-18-10-6-16(7-11-18)21(26)15-4-8-17(23)9-5-15/h4-11,24H,1-3H3. The minimum Gasteiger partial charge on any atom is -0.422 e. The molecule has 3 rings (SSSR count). The molecule has 0 spiro atoms. The van der Waals surface area contributed by atoms with Crippen LogP contribution < -0.4 is 4.74 Å². The summed E-state index contributed by atoms with van der Waals surface area (Å²) in [5.41, 5.74) is 2.59. The van der Waals surface area contributed by atoms with Crippen LogP contribution in [0.4, 0.5) is 4.39 Å². The molecule has 0 aliphatic heterocycles. The number of benzene rings is 2. The highest BCUT2D eigenvalue weighted by atomic mass is 19.1. The van der Waals surface area contributed by atoms with Crippen molar-refractivity contribution in [2.75, 3.05) is 0 Å². The van der Waals surface area contributed by atoms with E-state index < -0.39 is 11.8 Å². The second kappa shape index (κ2) is 7.60. The maximum atomic E-state index is 13.0.